The molecule has 1 aromatic heterocycles. The Labute approximate surface area is 201 Å². The highest BCUT2D eigenvalue weighted by molar-refractivity contribution is 5.94. The van der Waals surface area contributed by atoms with Crippen LogP contribution in [-0.2, 0) is 11.8 Å². The van der Waals surface area contributed by atoms with Gasteiger partial charge in [0.1, 0.15) is 17.5 Å². The predicted octanol–water partition coefficient (Wildman–Crippen LogP) is 5.08. The number of piperazine rings is 1. The van der Waals surface area contributed by atoms with Crippen LogP contribution in [0.4, 0.5) is 10.2 Å². The number of anilines is 1. The molecule has 2 heterocycles. The van der Waals surface area contributed by atoms with Crippen LogP contribution in [0.5, 0.6) is 0 Å². The number of carbonyl (C=O) groups is 1. The first-order valence-corrected chi connectivity index (χ1v) is 11.9. The van der Waals surface area contributed by atoms with E-state index in [2.05, 4.69) is 30.7 Å². The summed E-state index contributed by atoms with van der Waals surface area (Å²) in [5.74, 6) is 1.38. The van der Waals surface area contributed by atoms with Gasteiger partial charge in [0.25, 0.3) is 5.91 Å². The van der Waals surface area contributed by atoms with Gasteiger partial charge in [-0.1, -0.05) is 51.1 Å². The SMILES string of the molecule is Cc1nc(C)c(Cc2ccccc2F)c(N2CCN(C(=O)c3ccc(C(C)(C)C)cc3)CC2)n1. The van der Waals surface area contributed by atoms with Crippen LogP contribution in [-0.4, -0.2) is 47.0 Å². The fraction of sp³-hybridized carbons (Fsp3) is 0.393. The zero-order chi connectivity index (χ0) is 24.5. The number of hydrogen-bond acceptors (Lipinski definition) is 4. The molecule has 5 nitrogen and oxygen atoms in total. The number of rotatable bonds is 4. The first-order valence-electron chi connectivity index (χ1n) is 11.9. The topological polar surface area (TPSA) is 49.3 Å². The number of benzene rings is 2. The Balaban J connectivity index is 1.50. The van der Waals surface area contributed by atoms with E-state index >= 15 is 0 Å². The van der Waals surface area contributed by atoms with E-state index in [1.807, 2.05) is 49.1 Å². The molecule has 0 saturated carbocycles. The molecule has 3 aromatic rings. The summed E-state index contributed by atoms with van der Waals surface area (Å²) >= 11 is 0. The van der Waals surface area contributed by atoms with Crippen molar-refractivity contribution in [2.75, 3.05) is 31.1 Å². The zero-order valence-corrected chi connectivity index (χ0v) is 20.7. The van der Waals surface area contributed by atoms with Crippen LogP contribution in [0.2, 0.25) is 0 Å². The van der Waals surface area contributed by atoms with Gasteiger partial charge in [-0.05, 0) is 48.6 Å². The van der Waals surface area contributed by atoms with E-state index in [4.69, 9.17) is 4.98 Å². The van der Waals surface area contributed by atoms with E-state index in [0.717, 1.165) is 22.6 Å². The lowest BCUT2D eigenvalue weighted by atomic mass is 9.86. The van der Waals surface area contributed by atoms with Crippen molar-refractivity contribution in [2.45, 2.75) is 46.5 Å². The second kappa shape index (κ2) is 9.53. The van der Waals surface area contributed by atoms with Gasteiger partial charge in [-0.25, -0.2) is 14.4 Å². The largest absolute Gasteiger partial charge is 0.353 e. The van der Waals surface area contributed by atoms with Crippen molar-refractivity contribution >= 4 is 11.7 Å². The lowest BCUT2D eigenvalue weighted by molar-refractivity contribution is 0.0746. The second-order valence-corrected chi connectivity index (χ2v) is 10.0. The molecule has 2 aromatic carbocycles. The monoisotopic (exact) mass is 460 g/mol. The van der Waals surface area contributed by atoms with E-state index in [1.54, 1.807) is 12.1 Å². The molecule has 4 rings (SSSR count). The molecule has 0 aliphatic carbocycles. The van der Waals surface area contributed by atoms with Crippen LogP contribution in [0.3, 0.4) is 0 Å². The van der Waals surface area contributed by atoms with Crippen LogP contribution >= 0.6 is 0 Å². The average Bonchev–Trinajstić information content (AvgIpc) is 2.81. The Hall–Kier alpha value is -3.28. The summed E-state index contributed by atoms with van der Waals surface area (Å²) < 4.78 is 14.4. The molecule has 0 bridgehead atoms. The highest BCUT2D eigenvalue weighted by Crippen LogP contribution is 2.27. The standard InChI is InChI=1S/C28H33FN4O/c1-19-24(18-22-8-6-7-9-25(22)29)26(31-20(2)30-19)32-14-16-33(17-15-32)27(34)21-10-12-23(13-11-21)28(3,4)5/h6-13H,14-18H2,1-5H3. The number of aromatic nitrogens is 2. The van der Waals surface area contributed by atoms with Crippen LogP contribution in [0.1, 0.15) is 59.3 Å². The maximum atomic E-state index is 14.4. The summed E-state index contributed by atoms with van der Waals surface area (Å²) in [4.78, 5) is 26.5. The molecule has 34 heavy (non-hydrogen) atoms. The Morgan fingerprint density at radius 2 is 1.59 bits per heavy atom. The van der Waals surface area contributed by atoms with Crippen molar-refractivity contribution in [1.82, 2.24) is 14.9 Å². The molecule has 0 N–H and O–H groups in total. The van der Waals surface area contributed by atoms with E-state index in [1.165, 1.54) is 11.6 Å². The van der Waals surface area contributed by atoms with Crippen LogP contribution in [0.25, 0.3) is 0 Å². The quantitative estimate of drug-likeness (QED) is 0.545. The van der Waals surface area contributed by atoms with Crippen molar-refractivity contribution in [1.29, 1.82) is 0 Å². The summed E-state index contributed by atoms with van der Waals surface area (Å²) in [6, 6.07) is 14.8. The molecule has 1 aliphatic rings. The summed E-state index contributed by atoms with van der Waals surface area (Å²) in [6.45, 7) is 12.9. The Morgan fingerprint density at radius 1 is 0.941 bits per heavy atom. The van der Waals surface area contributed by atoms with Gasteiger partial charge >= 0.3 is 0 Å². The number of hydrogen-bond donors (Lipinski definition) is 0. The van der Waals surface area contributed by atoms with E-state index in [0.29, 0.717) is 44.0 Å². The summed E-state index contributed by atoms with van der Waals surface area (Å²) in [6.07, 6.45) is 0.438. The molecule has 1 amide bonds. The third-order valence-electron chi connectivity index (χ3n) is 6.49. The highest BCUT2D eigenvalue weighted by Gasteiger charge is 2.26. The molecule has 0 radical (unpaired) electrons. The third kappa shape index (κ3) is 5.11. The number of carbonyl (C=O) groups excluding carboxylic acids is 1. The number of amides is 1. The molecular formula is C28H33FN4O. The molecule has 1 aliphatic heterocycles. The van der Waals surface area contributed by atoms with Crippen molar-refractivity contribution in [3.05, 3.63) is 88.1 Å². The normalized spacial score (nSPS) is 14.4. The van der Waals surface area contributed by atoms with Crippen LogP contribution in [0, 0.1) is 19.7 Å². The molecular weight excluding hydrogens is 427 g/mol. The maximum absolute atomic E-state index is 14.4. The van der Waals surface area contributed by atoms with Crippen molar-refractivity contribution in [3.63, 3.8) is 0 Å². The molecule has 1 saturated heterocycles. The van der Waals surface area contributed by atoms with Gasteiger partial charge in [0.2, 0.25) is 0 Å². The molecule has 0 unspecified atom stereocenters. The fourth-order valence-corrected chi connectivity index (χ4v) is 4.44. The molecule has 0 spiro atoms. The number of halogens is 1. The van der Waals surface area contributed by atoms with Crippen LogP contribution in [0.15, 0.2) is 48.5 Å². The Kier molecular flexibility index (Phi) is 6.69. The van der Waals surface area contributed by atoms with E-state index in [-0.39, 0.29) is 17.1 Å². The molecule has 1 fully saturated rings. The Morgan fingerprint density at radius 3 is 2.21 bits per heavy atom. The van der Waals surface area contributed by atoms with Gasteiger partial charge < -0.3 is 9.80 Å². The first kappa shape index (κ1) is 23.9. The van der Waals surface area contributed by atoms with Gasteiger partial charge in [0.05, 0.1) is 0 Å². The van der Waals surface area contributed by atoms with Gasteiger partial charge in [-0.2, -0.15) is 0 Å². The number of aryl methyl sites for hydroxylation is 2. The summed E-state index contributed by atoms with van der Waals surface area (Å²) in [7, 11) is 0. The smallest absolute Gasteiger partial charge is 0.253 e. The summed E-state index contributed by atoms with van der Waals surface area (Å²) in [5, 5.41) is 0. The highest BCUT2D eigenvalue weighted by atomic mass is 19.1. The van der Waals surface area contributed by atoms with Gasteiger partial charge in [0.15, 0.2) is 0 Å². The molecule has 6 heteroatoms. The predicted molar refractivity (Wildman–Crippen MR) is 134 cm³/mol. The van der Waals surface area contributed by atoms with E-state index in [9.17, 15) is 9.18 Å². The van der Waals surface area contributed by atoms with Crippen LogP contribution < -0.4 is 4.90 Å². The van der Waals surface area contributed by atoms with Crippen molar-refractivity contribution in [3.8, 4) is 0 Å². The average molecular weight is 461 g/mol. The maximum Gasteiger partial charge on any atom is 0.253 e. The molecule has 178 valence electrons. The minimum absolute atomic E-state index is 0.0569. The first-order chi connectivity index (χ1) is 16.1. The Bertz CT molecular complexity index is 1180. The van der Waals surface area contributed by atoms with Gasteiger partial charge in [-0.3, -0.25) is 4.79 Å². The van der Waals surface area contributed by atoms with Crippen molar-refractivity contribution < 1.29 is 9.18 Å². The van der Waals surface area contributed by atoms with Gasteiger partial charge in [0, 0.05) is 49.4 Å². The third-order valence-corrected chi connectivity index (χ3v) is 6.49. The fourth-order valence-electron chi connectivity index (χ4n) is 4.44. The summed E-state index contributed by atoms with van der Waals surface area (Å²) in [5.41, 5.74) is 4.42. The lowest BCUT2D eigenvalue weighted by Gasteiger charge is -2.36. The van der Waals surface area contributed by atoms with Crippen molar-refractivity contribution in [2.24, 2.45) is 0 Å². The lowest BCUT2D eigenvalue weighted by Crippen LogP contribution is -2.49. The number of nitrogens with zero attached hydrogens (tertiary/aromatic N) is 4. The zero-order valence-electron chi connectivity index (χ0n) is 20.7. The van der Waals surface area contributed by atoms with E-state index < -0.39 is 0 Å². The minimum atomic E-state index is -0.221. The molecule has 0 atom stereocenters. The van der Waals surface area contributed by atoms with Gasteiger partial charge in [-0.15, -0.1) is 0 Å². The second-order valence-electron chi connectivity index (χ2n) is 10.0. The minimum Gasteiger partial charge on any atom is -0.353 e.